The van der Waals surface area contributed by atoms with Gasteiger partial charge in [0, 0.05) is 12.6 Å². The van der Waals surface area contributed by atoms with Crippen molar-refractivity contribution >= 4 is 0 Å². The lowest BCUT2D eigenvalue weighted by Crippen LogP contribution is -2.48. The molecular weight excluding hydrogens is 220 g/mol. The molecule has 0 aliphatic carbocycles. The summed E-state index contributed by atoms with van der Waals surface area (Å²) in [5, 5.41) is 3.70. The molecule has 2 heteroatoms. The summed E-state index contributed by atoms with van der Waals surface area (Å²) in [5.74, 6) is 1.84. The van der Waals surface area contributed by atoms with E-state index in [0.29, 0.717) is 5.41 Å². The summed E-state index contributed by atoms with van der Waals surface area (Å²) in [6.07, 6.45) is 5.53. The van der Waals surface area contributed by atoms with E-state index in [1.807, 2.05) is 0 Å². The van der Waals surface area contributed by atoms with E-state index >= 15 is 0 Å². The Hall–Kier alpha value is -0.0800. The molecule has 106 valence electrons. The van der Waals surface area contributed by atoms with E-state index in [1.54, 1.807) is 0 Å². The Bertz CT molecular complexity index is 248. The van der Waals surface area contributed by atoms with Crippen molar-refractivity contribution in [2.24, 2.45) is 17.3 Å². The number of hydrogen-bond donors (Lipinski definition) is 1. The summed E-state index contributed by atoms with van der Waals surface area (Å²) in [6.45, 7) is 14.7. The fourth-order valence-electron chi connectivity index (χ4n) is 3.65. The Kier molecular flexibility index (Phi) is 4.71. The minimum Gasteiger partial charge on any atom is -0.313 e. The second-order valence-corrected chi connectivity index (χ2v) is 7.72. The first kappa shape index (κ1) is 14.3. The van der Waals surface area contributed by atoms with Crippen LogP contribution in [-0.4, -0.2) is 37.1 Å². The second kappa shape index (κ2) is 5.92. The van der Waals surface area contributed by atoms with E-state index in [2.05, 4.69) is 37.9 Å². The molecule has 0 saturated carbocycles. The normalized spacial score (nSPS) is 32.7. The number of likely N-dealkylation sites (tertiary alicyclic amines) is 1. The minimum absolute atomic E-state index is 0.504. The summed E-state index contributed by atoms with van der Waals surface area (Å²) in [4.78, 5) is 2.69. The smallest absolute Gasteiger partial charge is 0.0197 e. The van der Waals surface area contributed by atoms with Crippen LogP contribution in [0.3, 0.4) is 0 Å². The highest BCUT2D eigenvalue weighted by molar-refractivity contribution is 4.84. The van der Waals surface area contributed by atoms with Crippen molar-refractivity contribution in [3.05, 3.63) is 0 Å². The molecule has 2 rings (SSSR count). The molecule has 2 aliphatic heterocycles. The summed E-state index contributed by atoms with van der Waals surface area (Å²) in [5.41, 5.74) is 0.504. The third-order valence-corrected chi connectivity index (χ3v) is 5.05. The van der Waals surface area contributed by atoms with E-state index in [9.17, 15) is 0 Å². The largest absolute Gasteiger partial charge is 0.313 e. The maximum Gasteiger partial charge on any atom is 0.0197 e. The van der Waals surface area contributed by atoms with Crippen LogP contribution in [0.4, 0.5) is 0 Å². The van der Waals surface area contributed by atoms with Gasteiger partial charge in [0.2, 0.25) is 0 Å². The molecule has 2 saturated heterocycles. The van der Waals surface area contributed by atoms with Crippen molar-refractivity contribution in [1.82, 2.24) is 10.2 Å². The summed E-state index contributed by atoms with van der Waals surface area (Å²) in [7, 11) is 0. The predicted molar refractivity (Wildman–Crippen MR) is 78.8 cm³/mol. The van der Waals surface area contributed by atoms with Gasteiger partial charge < -0.3 is 10.2 Å². The van der Waals surface area contributed by atoms with Crippen molar-refractivity contribution in [1.29, 1.82) is 0 Å². The fourth-order valence-corrected chi connectivity index (χ4v) is 3.65. The topological polar surface area (TPSA) is 15.3 Å². The molecule has 2 fully saturated rings. The third-order valence-electron chi connectivity index (χ3n) is 5.05. The lowest BCUT2D eigenvalue weighted by Gasteiger charge is -2.40. The van der Waals surface area contributed by atoms with Gasteiger partial charge in [0.1, 0.15) is 0 Å². The predicted octanol–water partition coefficient (Wildman–Crippen LogP) is 3.13. The van der Waals surface area contributed by atoms with Crippen molar-refractivity contribution in [2.75, 3.05) is 26.2 Å². The van der Waals surface area contributed by atoms with Gasteiger partial charge in [-0.15, -0.1) is 0 Å². The highest BCUT2D eigenvalue weighted by Gasteiger charge is 2.30. The average molecular weight is 252 g/mol. The summed E-state index contributed by atoms with van der Waals surface area (Å²) in [6, 6.07) is 0.750. The standard InChI is InChI=1S/C16H32N2/c1-13-5-8-17-15(11-13)12-18-9-6-14(7-10-18)16(2,3)4/h13-15,17H,5-12H2,1-4H3. The average Bonchev–Trinajstić information content (AvgIpc) is 2.28. The maximum absolute atomic E-state index is 3.70. The van der Waals surface area contributed by atoms with Crippen LogP contribution in [-0.2, 0) is 0 Å². The zero-order valence-electron chi connectivity index (χ0n) is 12.8. The molecule has 2 heterocycles. The zero-order chi connectivity index (χ0) is 13.2. The molecule has 18 heavy (non-hydrogen) atoms. The third kappa shape index (κ3) is 3.96. The molecule has 1 N–H and O–H groups in total. The van der Waals surface area contributed by atoms with Gasteiger partial charge in [0.25, 0.3) is 0 Å². The van der Waals surface area contributed by atoms with Gasteiger partial charge in [-0.05, 0) is 62.6 Å². The molecular formula is C16H32N2. The monoisotopic (exact) mass is 252 g/mol. The Labute approximate surface area is 114 Å². The molecule has 0 aromatic carbocycles. The van der Waals surface area contributed by atoms with Crippen LogP contribution in [0.1, 0.15) is 53.4 Å². The molecule has 0 spiro atoms. The van der Waals surface area contributed by atoms with E-state index in [4.69, 9.17) is 0 Å². The highest BCUT2D eigenvalue weighted by Crippen LogP contribution is 2.34. The second-order valence-electron chi connectivity index (χ2n) is 7.72. The van der Waals surface area contributed by atoms with Crippen LogP contribution >= 0.6 is 0 Å². The van der Waals surface area contributed by atoms with Crippen LogP contribution in [0, 0.1) is 17.3 Å². The first-order chi connectivity index (χ1) is 8.45. The first-order valence-electron chi connectivity index (χ1n) is 7.91. The van der Waals surface area contributed by atoms with Gasteiger partial charge in [-0.25, -0.2) is 0 Å². The summed E-state index contributed by atoms with van der Waals surface area (Å²) < 4.78 is 0. The van der Waals surface area contributed by atoms with Crippen LogP contribution in [0.25, 0.3) is 0 Å². The summed E-state index contributed by atoms with van der Waals surface area (Å²) >= 11 is 0. The molecule has 0 aromatic rings. The van der Waals surface area contributed by atoms with Crippen molar-refractivity contribution in [3.63, 3.8) is 0 Å². The van der Waals surface area contributed by atoms with E-state index in [1.165, 1.54) is 51.9 Å². The van der Waals surface area contributed by atoms with Gasteiger partial charge >= 0.3 is 0 Å². The zero-order valence-corrected chi connectivity index (χ0v) is 12.8. The number of piperidine rings is 2. The lowest BCUT2D eigenvalue weighted by atomic mass is 9.75. The van der Waals surface area contributed by atoms with Crippen LogP contribution in [0.2, 0.25) is 0 Å². The molecule has 2 nitrogen and oxygen atoms in total. The fraction of sp³-hybridized carbons (Fsp3) is 1.00. The first-order valence-corrected chi connectivity index (χ1v) is 7.91. The lowest BCUT2D eigenvalue weighted by molar-refractivity contribution is 0.0993. The van der Waals surface area contributed by atoms with Crippen LogP contribution < -0.4 is 5.32 Å². The van der Waals surface area contributed by atoms with Gasteiger partial charge in [0.15, 0.2) is 0 Å². The number of rotatable bonds is 2. The molecule has 0 bridgehead atoms. The van der Waals surface area contributed by atoms with Gasteiger partial charge in [-0.2, -0.15) is 0 Å². The Morgan fingerprint density at radius 2 is 1.78 bits per heavy atom. The van der Waals surface area contributed by atoms with Crippen molar-refractivity contribution < 1.29 is 0 Å². The number of hydrogen-bond acceptors (Lipinski definition) is 2. The Morgan fingerprint density at radius 3 is 2.33 bits per heavy atom. The SMILES string of the molecule is CC1CCNC(CN2CCC(C(C)(C)C)CC2)C1. The van der Waals surface area contributed by atoms with Gasteiger partial charge in [-0.1, -0.05) is 27.7 Å². The minimum atomic E-state index is 0.504. The van der Waals surface area contributed by atoms with Gasteiger partial charge in [-0.3, -0.25) is 0 Å². The highest BCUT2D eigenvalue weighted by atomic mass is 15.2. The van der Waals surface area contributed by atoms with Crippen LogP contribution in [0.15, 0.2) is 0 Å². The van der Waals surface area contributed by atoms with Crippen molar-refractivity contribution in [3.8, 4) is 0 Å². The maximum atomic E-state index is 3.70. The number of nitrogens with one attached hydrogen (secondary N) is 1. The molecule has 2 unspecified atom stereocenters. The number of nitrogens with zero attached hydrogens (tertiary/aromatic N) is 1. The molecule has 0 aromatic heterocycles. The molecule has 2 aliphatic rings. The quantitative estimate of drug-likeness (QED) is 0.812. The van der Waals surface area contributed by atoms with E-state index in [-0.39, 0.29) is 0 Å². The van der Waals surface area contributed by atoms with Crippen molar-refractivity contribution in [2.45, 2.75) is 59.4 Å². The van der Waals surface area contributed by atoms with E-state index in [0.717, 1.165) is 17.9 Å². The molecule has 0 amide bonds. The Morgan fingerprint density at radius 1 is 1.11 bits per heavy atom. The van der Waals surface area contributed by atoms with Gasteiger partial charge in [0.05, 0.1) is 0 Å². The molecule has 2 atom stereocenters. The molecule has 0 radical (unpaired) electrons. The van der Waals surface area contributed by atoms with Crippen LogP contribution in [0.5, 0.6) is 0 Å². The Balaban J connectivity index is 1.73. The van der Waals surface area contributed by atoms with E-state index < -0.39 is 0 Å².